The molecule has 0 radical (unpaired) electrons. The molecule has 1 atom stereocenters. The van der Waals surface area contributed by atoms with Crippen LogP contribution in [0.5, 0.6) is 0 Å². The lowest BCUT2D eigenvalue weighted by atomic mass is 10.0. The summed E-state index contributed by atoms with van der Waals surface area (Å²) in [6.45, 7) is 2.95. The number of benzene rings is 1. The third-order valence-electron chi connectivity index (χ3n) is 2.82. The van der Waals surface area contributed by atoms with Crippen molar-refractivity contribution < 1.29 is 4.39 Å². The van der Waals surface area contributed by atoms with Gasteiger partial charge in [0.2, 0.25) is 0 Å². The highest BCUT2D eigenvalue weighted by Crippen LogP contribution is 2.30. The summed E-state index contributed by atoms with van der Waals surface area (Å²) in [7, 11) is 0. The van der Waals surface area contributed by atoms with Gasteiger partial charge in [-0.15, -0.1) is 11.3 Å². The van der Waals surface area contributed by atoms with Crippen molar-refractivity contribution in [3.8, 4) is 0 Å². The second-order valence-electron chi connectivity index (χ2n) is 4.19. The molecule has 0 aliphatic carbocycles. The van der Waals surface area contributed by atoms with E-state index in [1.54, 1.807) is 11.3 Å². The quantitative estimate of drug-likeness (QED) is 0.709. The maximum atomic E-state index is 13.2. The Morgan fingerprint density at radius 1 is 1.26 bits per heavy atom. The van der Waals surface area contributed by atoms with E-state index >= 15 is 0 Å². The Morgan fingerprint density at radius 3 is 2.63 bits per heavy atom. The lowest BCUT2D eigenvalue weighted by Gasteiger charge is -2.19. The molecular weight excluding hydrogens is 393 g/mol. The molecule has 102 valence electrons. The fourth-order valence-electron chi connectivity index (χ4n) is 1.99. The van der Waals surface area contributed by atoms with Crippen molar-refractivity contribution in [3.05, 3.63) is 54.8 Å². The topological polar surface area (TPSA) is 12.0 Å². The van der Waals surface area contributed by atoms with Crippen molar-refractivity contribution >= 4 is 43.2 Å². The lowest BCUT2D eigenvalue weighted by Crippen LogP contribution is -2.23. The molecule has 2 rings (SSSR count). The summed E-state index contributed by atoms with van der Waals surface area (Å²) in [4.78, 5) is 1.30. The number of thiophene rings is 1. The molecule has 0 spiro atoms. The SMILES string of the molecule is CCNC(Cc1ccc(Br)s1)c1ccc(F)cc1Br. The Labute approximate surface area is 133 Å². The first-order chi connectivity index (χ1) is 9.10. The minimum atomic E-state index is -0.218. The van der Waals surface area contributed by atoms with Gasteiger partial charge in [-0.2, -0.15) is 0 Å². The molecule has 1 N–H and O–H groups in total. The normalized spacial score (nSPS) is 12.6. The van der Waals surface area contributed by atoms with Crippen LogP contribution >= 0.6 is 43.2 Å². The van der Waals surface area contributed by atoms with Crippen LogP contribution in [-0.2, 0) is 6.42 Å². The van der Waals surface area contributed by atoms with Crippen molar-refractivity contribution in [2.45, 2.75) is 19.4 Å². The predicted octanol–water partition coefficient (Wildman–Crippen LogP) is 5.31. The summed E-state index contributed by atoms with van der Waals surface area (Å²) in [5.74, 6) is -0.218. The largest absolute Gasteiger partial charge is 0.310 e. The van der Waals surface area contributed by atoms with Crippen LogP contribution in [0.3, 0.4) is 0 Å². The lowest BCUT2D eigenvalue weighted by molar-refractivity contribution is 0.548. The highest BCUT2D eigenvalue weighted by atomic mass is 79.9. The molecule has 0 amide bonds. The summed E-state index contributed by atoms with van der Waals surface area (Å²) in [5, 5.41) is 3.46. The van der Waals surface area contributed by atoms with Gasteiger partial charge < -0.3 is 5.32 Å². The molecule has 1 unspecified atom stereocenters. The Balaban J connectivity index is 2.23. The molecule has 1 nitrogen and oxygen atoms in total. The number of nitrogens with one attached hydrogen (secondary N) is 1. The fraction of sp³-hybridized carbons (Fsp3) is 0.286. The first-order valence-corrected chi connectivity index (χ1v) is 8.43. The molecular formula is C14H14Br2FNS. The van der Waals surface area contributed by atoms with E-state index in [4.69, 9.17) is 0 Å². The van der Waals surface area contributed by atoms with Crippen molar-refractivity contribution in [1.82, 2.24) is 5.32 Å². The molecule has 5 heteroatoms. The molecule has 0 bridgehead atoms. The molecule has 0 aliphatic heterocycles. The molecule has 1 aromatic carbocycles. The fourth-order valence-corrected chi connectivity index (χ4v) is 4.14. The number of rotatable bonds is 5. The molecule has 1 aromatic heterocycles. The molecule has 19 heavy (non-hydrogen) atoms. The number of hydrogen-bond acceptors (Lipinski definition) is 2. The third kappa shape index (κ3) is 4.12. The highest BCUT2D eigenvalue weighted by molar-refractivity contribution is 9.11. The van der Waals surface area contributed by atoms with Crippen LogP contribution in [0.4, 0.5) is 4.39 Å². The van der Waals surface area contributed by atoms with E-state index in [2.05, 4.69) is 56.2 Å². The monoisotopic (exact) mass is 405 g/mol. The van der Waals surface area contributed by atoms with Gasteiger partial charge in [-0.05, 0) is 52.3 Å². The minimum Gasteiger partial charge on any atom is -0.310 e. The first kappa shape index (κ1) is 15.2. The zero-order valence-electron chi connectivity index (χ0n) is 10.4. The third-order valence-corrected chi connectivity index (χ3v) is 5.16. The van der Waals surface area contributed by atoms with Crippen LogP contribution in [0.1, 0.15) is 23.4 Å². The molecule has 0 saturated carbocycles. The van der Waals surface area contributed by atoms with Crippen molar-refractivity contribution in [1.29, 1.82) is 0 Å². The second kappa shape index (κ2) is 6.97. The van der Waals surface area contributed by atoms with E-state index in [-0.39, 0.29) is 11.9 Å². The van der Waals surface area contributed by atoms with Gasteiger partial charge >= 0.3 is 0 Å². The van der Waals surface area contributed by atoms with Gasteiger partial charge in [-0.25, -0.2) is 4.39 Å². The number of hydrogen-bond donors (Lipinski definition) is 1. The average Bonchev–Trinajstić information content (AvgIpc) is 2.74. The smallest absolute Gasteiger partial charge is 0.124 e. The zero-order chi connectivity index (χ0) is 13.8. The Morgan fingerprint density at radius 2 is 2.05 bits per heavy atom. The Bertz CT molecular complexity index is 556. The van der Waals surface area contributed by atoms with Crippen LogP contribution in [0, 0.1) is 5.82 Å². The van der Waals surface area contributed by atoms with Crippen LogP contribution in [0.25, 0.3) is 0 Å². The average molecular weight is 407 g/mol. The minimum absolute atomic E-state index is 0.186. The van der Waals surface area contributed by atoms with Crippen LogP contribution in [0.15, 0.2) is 38.6 Å². The number of halogens is 3. The van der Waals surface area contributed by atoms with E-state index in [0.29, 0.717) is 0 Å². The van der Waals surface area contributed by atoms with Crippen LogP contribution in [0.2, 0.25) is 0 Å². The summed E-state index contributed by atoms with van der Waals surface area (Å²) in [6.07, 6.45) is 0.897. The van der Waals surface area contributed by atoms with E-state index in [0.717, 1.165) is 26.8 Å². The number of likely N-dealkylation sites (N-methyl/N-ethyl adjacent to an activating group) is 1. The van der Waals surface area contributed by atoms with Gasteiger partial charge in [-0.1, -0.05) is 28.9 Å². The van der Waals surface area contributed by atoms with E-state index in [1.165, 1.54) is 17.0 Å². The van der Waals surface area contributed by atoms with Crippen LogP contribution < -0.4 is 5.32 Å². The molecule has 1 heterocycles. The van der Waals surface area contributed by atoms with Gasteiger partial charge in [0.1, 0.15) is 5.82 Å². The van der Waals surface area contributed by atoms with Crippen LogP contribution in [-0.4, -0.2) is 6.54 Å². The summed E-state index contributed by atoms with van der Waals surface area (Å²) >= 11 is 8.66. The molecule has 2 aromatic rings. The molecule has 0 aliphatic rings. The molecule has 0 fully saturated rings. The van der Waals surface area contributed by atoms with Gasteiger partial charge in [0.15, 0.2) is 0 Å². The van der Waals surface area contributed by atoms with Gasteiger partial charge in [0.25, 0.3) is 0 Å². The Hall–Kier alpha value is -0.230. The van der Waals surface area contributed by atoms with Crippen molar-refractivity contribution in [3.63, 3.8) is 0 Å². The standard InChI is InChI=1S/C14H14Br2FNS/c1-2-18-13(8-10-4-6-14(16)19-10)11-5-3-9(17)7-12(11)15/h3-7,13,18H,2,8H2,1H3. The summed E-state index contributed by atoms with van der Waals surface area (Å²) < 4.78 is 15.1. The highest BCUT2D eigenvalue weighted by Gasteiger charge is 2.15. The first-order valence-electron chi connectivity index (χ1n) is 6.02. The Kier molecular flexibility index (Phi) is 5.57. The van der Waals surface area contributed by atoms with Gasteiger partial charge in [-0.3, -0.25) is 0 Å². The van der Waals surface area contributed by atoms with E-state index in [9.17, 15) is 4.39 Å². The second-order valence-corrected chi connectivity index (χ2v) is 7.59. The predicted molar refractivity (Wildman–Crippen MR) is 86.2 cm³/mol. The maximum absolute atomic E-state index is 13.2. The van der Waals surface area contributed by atoms with Gasteiger partial charge in [0.05, 0.1) is 3.79 Å². The molecule has 0 saturated heterocycles. The van der Waals surface area contributed by atoms with E-state index < -0.39 is 0 Å². The zero-order valence-corrected chi connectivity index (χ0v) is 14.4. The van der Waals surface area contributed by atoms with Gasteiger partial charge in [0, 0.05) is 21.8 Å². The van der Waals surface area contributed by atoms with Crippen molar-refractivity contribution in [2.75, 3.05) is 6.54 Å². The summed E-state index contributed by atoms with van der Waals surface area (Å²) in [5.41, 5.74) is 1.09. The van der Waals surface area contributed by atoms with E-state index in [1.807, 2.05) is 6.07 Å². The maximum Gasteiger partial charge on any atom is 0.124 e. The van der Waals surface area contributed by atoms with Crippen molar-refractivity contribution in [2.24, 2.45) is 0 Å². The summed E-state index contributed by atoms with van der Waals surface area (Å²) in [6, 6.07) is 9.23.